The summed E-state index contributed by atoms with van der Waals surface area (Å²) in [7, 11) is 0. The van der Waals surface area contributed by atoms with E-state index >= 15 is 0 Å². The van der Waals surface area contributed by atoms with Crippen LogP contribution in [-0.4, -0.2) is 6.03 Å². The zero-order valence-electron chi connectivity index (χ0n) is 9.14. The molecule has 0 aliphatic rings. The van der Waals surface area contributed by atoms with Crippen molar-refractivity contribution in [2.45, 2.75) is 6.54 Å². The molecule has 4 N–H and O–H groups in total. The molecule has 2 aromatic rings. The summed E-state index contributed by atoms with van der Waals surface area (Å²) in [6.45, 7) is 0.428. The van der Waals surface area contributed by atoms with Crippen LogP contribution in [0.1, 0.15) is 5.56 Å². The van der Waals surface area contributed by atoms with Gasteiger partial charge in [0.25, 0.3) is 0 Å². The third-order valence-corrected chi connectivity index (χ3v) is 2.20. The van der Waals surface area contributed by atoms with E-state index in [1.807, 2.05) is 0 Å². The lowest BCUT2D eigenvalue weighted by Gasteiger charge is -2.06. The number of rotatable bonds is 3. The summed E-state index contributed by atoms with van der Waals surface area (Å²) < 4.78 is 4.89. The number of carbonyl (C=O) groups is 1. The van der Waals surface area contributed by atoms with Crippen LogP contribution in [0.15, 0.2) is 47.3 Å². The molecule has 1 heterocycles. The zero-order valence-corrected chi connectivity index (χ0v) is 9.14. The molecular weight excluding hydrogens is 218 g/mol. The molecule has 0 aliphatic carbocycles. The molecule has 1 aromatic heterocycles. The second-order valence-electron chi connectivity index (χ2n) is 3.56. The Bertz CT molecular complexity index is 477. The van der Waals surface area contributed by atoms with Gasteiger partial charge in [-0.1, -0.05) is 0 Å². The highest BCUT2D eigenvalue weighted by Crippen LogP contribution is 2.10. The molecule has 0 radical (unpaired) electrons. The van der Waals surface area contributed by atoms with Gasteiger partial charge in [-0.25, -0.2) is 4.79 Å². The number of hydrogen-bond acceptors (Lipinski definition) is 3. The Morgan fingerprint density at radius 1 is 1.24 bits per heavy atom. The van der Waals surface area contributed by atoms with Crippen LogP contribution in [0.3, 0.4) is 0 Å². The van der Waals surface area contributed by atoms with E-state index in [4.69, 9.17) is 10.2 Å². The minimum absolute atomic E-state index is 0.268. The summed E-state index contributed by atoms with van der Waals surface area (Å²) in [5, 5.41) is 5.40. The van der Waals surface area contributed by atoms with Crippen LogP contribution in [0.4, 0.5) is 16.2 Å². The molecule has 0 aliphatic heterocycles. The predicted octanol–water partition coefficient (Wildman–Crippen LogP) is 2.18. The molecule has 0 fully saturated rings. The van der Waals surface area contributed by atoms with E-state index in [0.717, 1.165) is 5.56 Å². The molecule has 0 spiro atoms. The Kier molecular flexibility index (Phi) is 3.30. The van der Waals surface area contributed by atoms with Crippen LogP contribution >= 0.6 is 0 Å². The van der Waals surface area contributed by atoms with E-state index in [1.165, 1.54) is 0 Å². The van der Waals surface area contributed by atoms with Gasteiger partial charge in [-0.15, -0.1) is 0 Å². The molecule has 5 nitrogen and oxygen atoms in total. The first-order valence-electron chi connectivity index (χ1n) is 5.15. The molecule has 5 heteroatoms. The van der Waals surface area contributed by atoms with Crippen molar-refractivity contribution in [2.75, 3.05) is 11.1 Å². The third kappa shape index (κ3) is 3.27. The monoisotopic (exact) mass is 231 g/mol. The zero-order chi connectivity index (χ0) is 12.1. The molecule has 0 bridgehead atoms. The number of nitrogen functional groups attached to an aromatic ring is 1. The second-order valence-corrected chi connectivity index (χ2v) is 3.56. The maximum atomic E-state index is 11.5. The van der Waals surface area contributed by atoms with Gasteiger partial charge in [0.2, 0.25) is 0 Å². The van der Waals surface area contributed by atoms with Crippen LogP contribution in [0.2, 0.25) is 0 Å². The lowest BCUT2D eigenvalue weighted by molar-refractivity contribution is 0.251. The number of nitrogens with two attached hydrogens (primary N) is 1. The number of urea groups is 1. The summed E-state index contributed by atoms with van der Waals surface area (Å²) in [4.78, 5) is 11.5. The largest absolute Gasteiger partial charge is 0.472 e. The van der Waals surface area contributed by atoms with Crippen molar-refractivity contribution in [2.24, 2.45) is 0 Å². The Hall–Kier alpha value is -2.43. The van der Waals surface area contributed by atoms with Crippen molar-refractivity contribution in [3.8, 4) is 0 Å². The Labute approximate surface area is 98.6 Å². The molecular formula is C12H13N3O2. The maximum absolute atomic E-state index is 11.5. The molecule has 0 atom stereocenters. The smallest absolute Gasteiger partial charge is 0.319 e. The van der Waals surface area contributed by atoms with Gasteiger partial charge in [0.05, 0.1) is 12.5 Å². The van der Waals surface area contributed by atoms with Gasteiger partial charge < -0.3 is 20.8 Å². The molecule has 1 aromatic carbocycles. The minimum atomic E-state index is -0.268. The van der Waals surface area contributed by atoms with Crippen LogP contribution in [0, 0.1) is 0 Å². The normalized spacial score (nSPS) is 9.88. The Balaban J connectivity index is 1.83. The van der Waals surface area contributed by atoms with Crippen molar-refractivity contribution in [1.82, 2.24) is 5.32 Å². The van der Waals surface area contributed by atoms with Gasteiger partial charge in [-0.2, -0.15) is 0 Å². The minimum Gasteiger partial charge on any atom is -0.472 e. The van der Waals surface area contributed by atoms with Gasteiger partial charge in [0.15, 0.2) is 0 Å². The fourth-order valence-electron chi connectivity index (χ4n) is 1.32. The number of anilines is 2. The number of benzene rings is 1. The number of nitrogens with one attached hydrogen (secondary N) is 2. The molecule has 88 valence electrons. The molecule has 0 unspecified atom stereocenters. The Morgan fingerprint density at radius 3 is 2.65 bits per heavy atom. The van der Waals surface area contributed by atoms with Gasteiger partial charge in [0, 0.05) is 23.5 Å². The van der Waals surface area contributed by atoms with Crippen LogP contribution in [-0.2, 0) is 6.54 Å². The van der Waals surface area contributed by atoms with Crippen LogP contribution in [0.25, 0.3) is 0 Å². The van der Waals surface area contributed by atoms with Crippen LogP contribution in [0.5, 0.6) is 0 Å². The lowest BCUT2D eigenvalue weighted by atomic mass is 10.3. The highest BCUT2D eigenvalue weighted by atomic mass is 16.3. The SMILES string of the molecule is Nc1ccc(NC(=O)NCc2ccoc2)cc1. The number of furan rings is 1. The second kappa shape index (κ2) is 5.07. The van der Waals surface area contributed by atoms with E-state index in [1.54, 1.807) is 42.9 Å². The van der Waals surface area contributed by atoms with Gasteiger partial charge in [0.1, 0.15) is 0 Å². The van der Waals surface area contributed by atoms with Crippen molar-refractivity contribution >= 4 is 17.4 Å². The Morgan fingerprint density at radius 2 is 2.00 bits per heavy atom. The highest BCUT2D eigenvalue weighted by Gasteiger charge is 2.01. The van der Waals surface area contributed by atoms with Crippen molar-refractivity contribution < 1.29 is 9.21 Å². The summed E-state index contributed by atoms with van der Waals surface area (Å²) in [5.74, 6) is 0. The molecule has 2 rings (SSSR count). The molecule has 0 saturated carbocycles. The summed E-state index contributed by atoms with van der Waals surface area (Å²) >= 11 is 0. The van der Waals surface area contributed by atoms with Crippen molar-refractivity contribution in [3.05, 3.63) is 48.4 Å². The number of amides is 2. The summed E-state index contributed by atoms with van der Waals surface area (Å²) in [5.41, 5.74) is 7.82. The predicted molar refractivity (Wildman–Crippen MR) is 65.4 cm³/mol. The fourth-order valence-corrected chi connectivity index (χ4v) is 1.32. The average Bonchev–Trinajstić information content (AvgIpc) is 2.83. The first-order chi connectivity index (χ1) is 8.24. The third-order valence-electron chi connectivity index (χ3n) is 2.20. The lowest BCUT2D eigenvalue weighted by Crippen LogP contribution is -2.27. The van der Waals surface area contributed by atoms with Crippen LogP contribution < -0.4 is 16.4 Å². The molecule has 2 amide bonds. The van der Waals surface area contributed by atoms with E-state index in [2.05, 4.69) is 10.6 Å². The standard InChI is InChI=1S/C12H13N3O2/c13-10-1-3-11(4-2-10)15-12(16)14-7-9-5-6-17-8-9/h1-6,8H,7,13H2,(H2,14,15,16). The molecule has 0 saturated heterocycles. The summed E-state index contributed by atoms with van der Waals surface area (Å²) in [6.07, 6.45) is 3.15. The van der Waals surface area contributed by atoms with Crippen molar-refractivity contribution in [1.29, 1.82) is 0 Å². The summed E-state index contributed by atoms with van der Waals surface area (Å²) in [6, 6.07) is 8.47. The maximum Gasteiger partial charge on any atom is 0.319 e. The van der Waals surface area contributed by atoms with E-state index in [9.17, 15) is 4.79 Å². The van der Waals surface area contributed by atoms with E-state index in [-0.39, 0.29) is 6.03 Å². The first-order valence-corrected chi connectivity index (χ1v) is 5.15. The van der Waals surface area contributed by atoms with Gasteiger partial charge in [-0.05, 0) is 30.3 Å². The number of hydrogen-bond donors (Lipinski definition) is 3. The fraction of sp³-hybridized carbons (Fsp3) is 0.0833. The van der Waals surface area contributed by atoms with E-state index < -0.39 is 0 Å². The topological polar surface area (TPSA) is 80.3 Å². The van der Waals surface area contributed by atoms with Crippen molar-refractivity contribution in [3.63, 3.8) is 0 Å². The average molecular weight is 231 g/mol. The quantitative estimate of drug-likeness (QED) is 0.708. The van der Waals surface area contributed by atoms with Gasteiger partial charge >= 0.3 is 6.03 Å². The highest BCUT2D eigenvalue weighted by molar-refractivity contribution is 5.89. The van der Waals surface area contributed by atoms with E-state index in [0.29, 0.717) is 17.9 Å². The number of carbonyl (C=O) groups excluding carboxylic acids is 1. The van der Waals surface area contributed by atoms with Gasteiger partial charge in [-0.3, -0.25) is 0 Å². The first kappa shape index (κ1) is 11.1. The molecule has 17 heavy (non-hydrogen) atoms.